The summed E-state index contributed by atoms with van der Waals surface area (Å²) >= 11 is 0. The summed E-state index contributed by atoms with van der Waals surface area (Å²) in [6.45, 7) is 5.38. The van der Waals surface area contributed by atoms with Crippen LogP contribution in [0, 0.1) is 0 Å². The van der Waals surface area contributed by atoms with Gasteiger partial charge in [-0.1, -0.05) is 84.5 Å². The molecule has 0 fully saturated rings. The summed E-state index contributed by atoms with van der Waals surface area (Å²) in [5.74, 6) is -0.817. The van der Waals surface area contributed by atoms with Crippen molar-refractivity contribution in [1.82, 2.24) is 9.80 Å². The van der Waals surface area contributed by atoms with Crippen molar-refractivity contribution in [2.45, 2.75) is 103 Å². The first kappa shape index (κ1) is 31.0. The van der Waals surface area contributed by atoms with Crippen LogP contribution in [0.4, 0.5) is 0 Å². The summed E-state index contributed by atoms with van der Waals surface area (Å²) in [4.78, 5) is 25.6. The molecule has 0 heterocycles. The topological polar surface area (TPSA) is 70.1 Å². The van der Waals surface area contributed by atoms with Crippen molar-refractivity contribution in [3.63, 3.8) is 0 Å². The third-order valence-electron chi connectivity index (χ3n) is 4.95. The second kappa shape index (κ2) is 22.5. The van der Waals surface area contributed by atoms with E-state index in [1.807, 2.05) is 33.1 Å². The summed E-state index contributed by atoms with van der Waals surface area (Å²) in [7, 11) is 7.39. The van der Waals surface area contributed by atoms with E-state index >= 15 is 0 Å². The Hall–Kier alpha value is -1.14. The number of carbonyl (C=O) groups excluding carboxylic acids is 1. The molecule has 6 heteroatoms. The number of likely N-dealkylation sites (N-methyl/N-ethyl adjacent to an activating group) is 2. The van der Waals surface area contributed by atoms with Gasteiger partial charge in [-0.2, -0.15) is 0 Å². The molecule has 0 spiro atoms. The van der Waals surface area contributed by atoms with Crippen molar-refractivity contribution < 1.29 is 19.4 Å². The molecule has 1 N–H and O–H groups in total. The highest BCUT2D eigenvalue weighted by Crippen LogP contribution is 2.11. The minimum absolute atomic E-state index is 0.117. The summed E-state index contributed by atoms with van der Waals surface area (Å²) in [6, 6.07) is -0.309. The van der Waals surface area contributed by atoms with Crippen LogP contribution >= 0.6 is 0 Å². The highest BCUT2D eigenvalue weighted by molar-refractivity contribution is 5.73. The molecule has 6 nitrogen and oxygen atoms in total. The van der Waals surface area contributed by atoms with E-state index in [1.165, 1.54) is 57.8 Å². The molecule has 0 bridgehead atoms. The van der Waals surface area contributed by atoms with Crippen LogP contribution in [0.15, 0.2) is 0 Å². The Morgan fingerprint density at radius 1 is 0.767 bits per heavy atom. The highest BCUT2D eigenvalue weighted by Gasteiger charge is 2.18. The zero-order chi connectivity index (χ0) is 23.2. The van der Waals surface area contributed by atoms with E-state index in [4.69, 9.17) is 9.84 Å². The maximum atomic E-state index is 11.1. The van der Waals surface area contributed by atoms with Crippen LogP contribution in [0.3, 0.4) is 0 Å². The van der Waals surface area contributed by atoms with Crippen molar-refractivity contribution in [3.8, 4) is 0 Å². The molecule has 1 atom stereocenters. The van der Waals surface area contributed by atoms with Crippen molar-refractivity contribution in [3.05, 3.63) is 0 Å². The first-order chi connectivity index (χ1) is 14.3. The van der Waals surface area contributed by atoms with Crippen LogP contribution in [0.25, 0.3) is 0 Å². The van der Waals surface area contributed by atoms with Gasteiger partial charge in [0.1, 0.15) is 6.04 Å². The van der Waals surface area contributed by atoms with Crippen LogP contribution in [0.2, 0.25) is 0 Å². The highest BCUT2D eigenvalue weighted by atomic mass is 16.5. The quantitative estimate of drug-likeness (QED) is 0.238. The Labute approximate surface area is 186 Å². The smallest absolute Gasteiger partial charge is 0.320 e. The summed E-state index contributed by atoms with van der Waals surface area (Å²) in [6.07, 6.45) is 15.4. The minimum atomic E-state index is -0.700. The molecule has 1 unspecified atom stereocenters. The van der Waals surface area contributed by atoms with Gasteiger partial charge < -0.3 is 9.84 Å². The molecule has 0 aromatic carbocycles. The predicted molar refractivity (Wildman–Crippen MR) is 126 cm³/mol. The number of carboxylic acid groups (broad SMARTS) is 1. The normalized spacial score (nSPS) is 11.9. The standard InChI is InChI=1S/2C12H25NO2/c1-4-5-6-7-8-9-10-15-12(14)11-13(2)3;1-4-5-6-7-8-9-10-11(12(14)15)13(2)3/h4-11H2,1-3H3;11H,4-10H2,1-3H3,(H,14,15). The zero-order valence-electron chi connectivity index (χ0n) is 20.8. The number of hydrogen-bond acceptors (Lipinski definition) is 5. The van der Waals surface area contributed by atoms with Crippen molar-refractivity contribution in [2.24, 2.45) is 0 Å². The van der Waals surface area contributed by atoms with Crippen LogP contribution < -0.4 is 0 Å². The first-order valence-electron chi connectivity index (χ1n) is 12.0. The van der Waals surface area contributed by atoms with E-state index in [0.29, 0.717) is 13.2 Å². The molecule has 30 heavy (non-hydrogen) atoms. The largest absolute Gasteiger partial charge is 0.480 e. The molecule has 0 aromatic heterocycles. The van der Waals surface area contributed by atoms with Crippen LogP contribution in [-0.2, 0) is 14.3 Å². The Kier molecular flexibility index (Phi) is 23.3. The maximum absolute atomic E-state index is 11.1. The van der Waals surface area contributed by atoms with E-state index < -0.39 is 5.97 Å². The molecule has 0 aliphatic heterocycles. The molecule has 0 radical (unpaired) electrons. The van der Waals surface area contributed by atoms with Gasteiger partial charge in [-0.25, -0.2) is 0 Å². The van der Waals surface area contributed by atoms with Crippen molar-refractivity contribution >= 4 is 11.9 Å². The maximum Gasteiger partial charge on any atom is 0.320 e. The number of carbonyl (C=O) groups is 2. The average molecular weight is 431 g/mol. The monoisotopic (exact) mass is 430 g/mol. The number of ether oxygens (including phenoxy) is 1. The van der Waals surface area contributed by atoms with Gasteiger partial charge in [-0.15, -0.1) is 0 Å². The van der Waals surface area contributed by atoms with E-state index in [-0.39, 0.29) is 12.0 Å². The second-order valence-corrected chi connectivity index (χ2v) is 8.60. The molecular formula is C24H50N2O4. The summed E-state index contributed by atoms with van der Waals surface area (Å²) < 4.78 is 5.08. The number of carboxylic acids is 1. The van der Waals surface area contributed by atoms with E-state index in [1.54, 1.807) is 4.90 Å². The van der Waals surface area contributed by atoms with E-state index in [2.05, 4.69) is 13.8 Å². The molecule has 0 saturated heterocycles. The second-order valence-electron chi connectivity index (χ2n) is 8.60. The van der Waals surface area contributed by atoms with E-state index in [9.17, 15) is 9.59 Å². The van der Waals surface area contributed by atoms with Crippen molar-refractivity contribution in [2.75, 3.05) is 41.3 Å². The number of unbranched alkanes of at least 4 members (excludes halogenated alkanes) is 10. The van der Waals surface area contributed by atoms with Gasteiger partial charge in [0.05, 0.1) is 13.2 Å². The van der Waals surface area contributed by atoms with Gasteiger partial charge >= 0.3 is 11.9 Å². The first-order valence-corrected chi connectivity index (χ1v) is 12.0. The summed E-state index contributed by atoms with van der Waals surface area (Å²) in [5.41, 5.74) is 0. The SMILES string of the molecule is CCCCCCCCC(C(=O)O)N(C)C.CCCCCCCCOC(=O)CN(C)C. The number of aliphatic carboxylic acids is 1. The molecule has 0 rings (SSSR count). The zero-order valence-corrected chi connectivity index (χ0v) is 20.8. The third kappa shape index (κ3) is 23.1. The Bertz CT molecular complexity index is 399. The lowest BCUT2D eigenvalue weighted by atomic mass is 10.1. The number of rotatable bonds is 18. The van der Waals surface area contributed by atoms with Crippen LogP contribution in [0.1, 0.15) is 97.3 Å². The predicted octanol–water partition coefficient (Wildman–Crippen LogP) is 5.20. The molecule has 0 aromatic rings. The van der Waals surface area contributed by atoms with Gasteiger partial charge in [0.2, 0.25) is 0 Å². The molecule has 0 saturated carbocycles. The number of hydrogen-bond donors (Lipinski definition) is 1. The Morgan fingerprint density at radius 2 is 1.23 bits per heavy atom. The lowest BCUT2D eigenvalue weighted by Crippen LogP contribution is -2.35. The molecule has 180 valence electrons. The fraction of sp³-hybridized carbons (Fsp3) is 0.917. The van der Waals surface area contributed by atoms with Gasteiger partial charge in [0, 0.05) is 0 Å². The average Bonchev–Trinajstić information content (AvgIpc) is 2.66. The van der Waals surface area contributed by atoms with Gasteiger partial charge in [-0.05, 0) is 41.0 Å². The fourth-order valence-electron chi connectivity index (χ4n) is 3.09. The Balaban J connectivity index is 0. The number of nitrogens with zero attached hydrogens (tertiary/aromatic N) is 2. The summed E-state index contributed by atoms with van der Waals surface area (Å²) in [5, 5.41) is 8.94. The van der Waals surface area contributed by atoms with Crippen molar-refractivity contribution in [1.29, 1.82) is 0 Å². The van der Waals surface area contributed by atoms with Gasteiger partial charge in [-0.3, -0.25) is 19.4 Å². The third-order valence-corrected chi connectivity index (χ3v) is 4.95. The van der Waals surface area contributed by atoms with Crippen LogP contribution in [-0.4, -0.2) is 74.2 Å². The molecular weight excluding hydrogens is 380 g/mol. The minimum Gasteiger partial charge on any atom is -0.480 e. The lowest BCUT2D eigenvalue weighted by Gasteiger charge is -2.19. The van der Waals surface area contributed by atoms with E-state index in [0.717, 1.165) is 25.7 Å². The molecule has 0 aliphatic carbocycles. The number of esters is 1. The molecule has 0 aliphatic rings. The van der Waals surface area contributed by atoms with Gasteiger partial charge in [0.25, 0.3) is 0 Å². The van der Waals surface area contributed by atoms with Crippen LogP contribution in [0.5, 0.6) is 0 Å². The fourth-order valence-corrected chi connectivity index (χ4v) is 3.09. The lowest BCUT2D eigenvalue weighted by molar-refractivity contribution is -0.144. The Morgan fingerprint density at radius 3 is 1.67 bits per heavy atom. The van der Waals surface area contributed by atoms with Gasteiger partial charge in [0.15, 0.2) is 0 Å². The molecule has 0 amide bonds.